The summed E-state index contributed by atoms with van der Waals surface area (Å²) in [5.41, 5.74) is 0.0480. The molecule has 1 atom stereocenters. The van der Waals surface area contributed by atoms with E-state index in [9.17, 15) is 4.79 Å². The topological polar surface area (TPSA) is 54.0 Å². The molecular formula is C10H12ClN3O. The highest BCUT2D eigenvalue weighted by molar-refractivity contribution is 6.31. The van der Waals surface area contributed by atoms with Crippen LogP contribution < -0.4 is 10.6 Å². The molecule has 1 aromatic heterocycles. The normalized spacial score (nSPS) is 24.1. The lowest BCUT2D eigenvalue weighted by Crippen LogP contribution is -2.49. The molecule has 0 fully saturated rings. The molecule has 0 saturated carbocycles. The third-order valence-electron chi connectivity index (χ3n) is 2.71. The molecule has 1 unspecified atom stereocenters. The van der Waals surface area contributed by atoms with Gasteiger partial charge in [-0.25, -0.2) is 4.98 Å². The third-order valence-corrected chi connectivity index (χ3v) is 2.91. The van der Waals surface area contributed by atoms with Crippen LogP contribution in [0.4, 0.5) is 11.5 Å². The molecule has 80 valence electrons. The Bertz CT molecular complexity index is 421. The Morgan fingerprint density at radius 3 is 3.00 bits per heavy atom. The van der Waals surface area contributed by atoms with Crippen LogP contribution in [0.3, 0.4) is 0 Å². The van der Waals surface area contributed by atoms with E-state index in [0.717, 1.165) is 0 Å². The highest BCUT2D eigenvalue weighted by atomic mass is 35.5. The standard InChI is InChI=1S/C10H12ClN3O/c1-3-10(2)9(15)13-7-4-6(11)5-12-8(7)14-10/h4-5H,3H2,1-2H3,(H,12,14)(H,13,15). The average molecular weight is 226 g/mol. The van der Waals surface area contributed by atoms with Gasteiger partial charge in [0.05, 0.1) is 10.7 Å². The van der Waals surface area contributed by atoms with E-state index in [-0.39, 0.29) is 5.91 Å². The van der Waals surface area contributed by atoms with E-state index in [0.29, 0.717) is 22.9 Å². The first-order chi connectivity index (χ1) is 7.05. The number of aromatic nitrogens is 1. The summed E-state index contributed by atoms with van der Waals surface area (Å²) >= 11 is 5.79. The Labute approximate surface area is 93.0 Å². The van der Waals surface area contributed by atoms with Crippen LogP contribution in [0.5, 0.6) is 0 Å². The smallest absolute Gasteiger partial charge is 0.249 e. The number of fused-ring (bicyclic) bond motifs is 1. The van der Waals surface area contributed by atoms with E-state index < -0.39 is 5.54 Å². The van der Waals surface area contributed by atoms with E-state index in [2.05, 4.69) is 15.6 Å². The number of rotatable bonds is 1. The van der Waals surface area contributed by atoms with Gasteiger partial charge in [-0.3, -0.25) is 4.79 Å². The quantitative estimate of drug-likeness (QED) is 0.771. The van der Waals surface area contributed by atoms with Crippen molar-refractivity contribution in [2.45, 2.75) is 25.8 Å². The average Bonchev–Trinajstić information content (AvgIpc) is 2.20. The van der Waals surface area contributed by atoms with Gasteiger partial charge < -0.3 is 10.6 Å². The predicted octanol–water partition coefficient (Wildman–Crippen LogP) is 2.27. The van der Waals surface area contributed by atoms with Crippen molar-refractivity contribution in [2.75, 3.05) is 10.6 Å². The number of carbonyl (C=O) groups is 1. The van der Waals surface area contributed by atoms with Gasteiger partial charge in [-0.15, -0.1) is 0 Å². The van der Waals surface area contributed by atoms with Crippen LogP contribution in [0.15, 0.2) is 12.3 Å². The highest BCUT2D eigenvalue weighted by Crippen LogP contribution is 2.31. The van der Waals surface area contributed by atoms with Crippen molar-refractivity contribution in [3.63, 3.8) is 0 Å². The molecule has 0 radical (unpaired) electrons. The van der Waals surface area contributed by atoms with E-state index in [1.165, 1.54) is 0 Å². The summed E-state index contributed by atoms with van der Waals surface area (Å²) < 4.78 is 0. The van der Waals surface area contributed by atoms with Crippen molar-refractivity contribution in [2.24, 2.45) is 0 Å². The SMILES string of the molecule is CCC1(C)Nc2ncc(Cl)cc2NC1=O. The number of hydrogen-bond donors (Lipinski definition) is 2. The van der Waals surface area contributed by atoms with Crippen molar-refractivity contribution in [1.82, 2.24) is 4.98 Å². The number of carbonyl (C=O) groups excluding carboxylic acids is 1. The largest absolute Gasteiger partial charge is 0.354 e. The first-order valence-corrected chi connectivity index (χ1v) is 5.18. The van der Waals surface area contributed by atoms with Gasteiger partial charge in [0.1, 0.15) is 5.54 Å². The number of halogens is 1. The molecule has 1 aromatic rings. The van der Waals surface area contributed by atoms with E-state index in [1.807, 2.05) is 13.8 Å². The monoisotopic (exact) mass is 225 g/mol. The van der Waals surface area contributed by atoms with Crippen molar-refractivity contribution in [3.8, 4) is 0 Å². The summed E-state index contributed by atoms with van der Waals surface area (Å²) in [7, 11) is 0. The van der Waals surface area contributed by atoms with Crippen molar-refractivity contribution in [1.29, 1.82) is 0 Å². The molecule has 4 nitrogen and oxygen atoms in total. The minimum Gasteiger partial charge on any atom is -0.354 e. The van der Waals surface area contributed by atoms with Crippen molar-refractivity contribution in [3.05, 3.63) is 17.3 Å². The summed E-state index contributed by atoms with van der Waals surface area (Å²) in [4.78, 5) is 15.9. The van der Waals surface area contributed by atoms with Gasteiger partial charge in [0.25, 0.3) is 0 Å². The number of amides is 1. The van der Waals surface area contributed by atoms with Gasteiger partial charge in [-0.1, -0.05) is 18.5 Å². The molecule has 5 heteroatoms. The Kier molecular flexibility index (Phi) is 2.31. The Morgan fingerprint density at radius 1 is 1.60 bits per heavy atom. The molecule has 0 saturated heterocycles. The minimum absolute atomic E-state index is 0.0541. The van der Waals surface area contributed by atoms with Crippen molar-refractivity contribution < 1.29 is 4.79 Å². The van der Waals surface area contributed by atoms with E-state index >= 15 is 0 Å². The molecule has 1 amide bonds. The number of nitrogens with one attached hydrogen (secondary N) is 2. The van der Waals surface area contributed by atoms with E-state index in [4.69, 9.17) is 11.6 Å². The van der Waals surface area contributed by atoms with Gasteiger partial charge in [0.15, 0.2) is 5.82 Å². The van der Waals surface area contributed by atoms with Crippen LogP contribution in [-0.2, 0) is 4.79 Å². The number of nitrogens with zero attached hydrogens (tertiary/aromatic N) is 1. The van der Waals surface area contributed by atoms with Crippen LogP contribution in [0.1, 0.15) is 20.3 Å². The second kappa shape index (κ2) is 3.38. The van der Waals surface area contributed by atoms with Gasteiger partial charge in [0, 0.05) is 6.20 Å². The summed E-state index contributed by atoms with van der Waals surface area (Å²) in [5, 5.41) is 6.42. The summed E-state index contributed by atoms with van der Waals surface area (Å²) in [5.74, 6) is 0.616. The zero-order valence-corrected chi connectivity index (χ0v) is 9.35. The maximum Gasteiger partial charge on any atom is 0.249 e. The first kappa shape index (κ1) is 10.2. The summed E-state index contributed by atoms with van der Waals surface area (Å²) in [6, 6.07) is 1.68. The highest BCUT2D eigenvalue weighted by Gasteiger charge is 2.36. The van der Waals surface area contributed by atoms with Gasteiger partial charge in [0.2, 0.25) is 5.91 Å². The molecule has 0 aromatic carbocycles. The van der Waals surface area contributed by atoms with Crippen LogP contribution >= 0.6 is 11.6 Å². The number of pyridine rings is 1. The Hall–Kier alpha value is -1.29. The van der Waals surface area contributed by atoms with Gasteiger partial charge in [-0.2, -0.15) is 0 Å². The Balaban J connectivity index is 2.42. The molecule has 2 N–H and O–H groups in total. The lowest BCUT2D eigenvalue weighted by atomic mass is 9.95. The fourth-order valence-electron chi connectivity index (χ4n) is 1.46. The molecular weight excluding hydrogens is 214 g/mol. The molecule has 2 rings (SSSR count). The van der Waals surface area contributed by atoms with Crippen LogP contribution in [-0.4, -0.2) is 16.4 Å². The first-order valence-electron chi connectivity index (χ1n) is 4.80. The molecule has 0 spiro atoms. The van der Waals surface area contributed by atoms with Crippen molar-refractivity contribution >= 4 is 29.0 Å². The number of anilines is 2. The van der Waals surface area contributed by atoms with Gasteiger partial charge in [-0.05, 0) is 19.4 Å². The molecule has 15 heavy (non-hydrogen) atoms. The second-order valence-electron chi connectivity index (χ2n) is 3.81. The zero-order valence-electron chi connectivity index (χ0n) is 8.60. The zero-order chi connectivity index (χ0) is 11.1. The minimum atomic E-state index is -0.589. The van der Waals surface area contributed by atoms with Crippen LogP contribution in [0.25, 0.3) is 0 Å². The van der Waals surface area contributed by atoms with Crippen LogP contribution in [0.2, 0.25) is 5.02 Å². The molecule has 0 aliphatic carbocycles. The fraction of sp³-hybridized carbons (Fsp3) is 0.400. The molecule has 1 aliphatic rings. The molecule has 1 aliphatic heterocycles. The van der Waals surface area contributed by atoms with Crippen LogP contribution in [0, 0.1) is 0 Å². The Morgan fingerprint density at radius 2 is 2.33 bits per heavy atom. The fourth-order valence-corrected chi connectivity index (χ4v) is 1.62. The summed E-state index contributed by atoms with van der Waals surface area (Å²) in [6.45, 7) is 3.80. The molecule has 2 heterocycles. The van der Waals surface area contributed by atoms with E-state index in [1.54, 1.807) is 12.3 Å². The lowest BCUT2D eigenvalue weighted by Gasteiger charge is -2.34. The second-order valence-corrected chi connectivity index (χ2v) is 4.25. The third kappa shape index (κ3) is 1.65. The number of hydrogen-bond acceptors (Lipinski definition) is 3. The molecule has 0 bridgehead atoms. The lowest BCUT2D eigenvalue weighted by molar-refractivity contribution is -0.120. The van der Waals surface area contributed by atoms with Gasteiger partial charge >= 0.3 is 0 Å². The maximum atomic E-state index is 11.8. The maximum absolute atomic E-state index is 11.8. The summed E-state index contributed by atoms with van der Waals surface area (Å²) in [6.07, 6.45) is 2.25. The predicted molar refractivity (Wildman–Crippen MR) is 60.2 cm³/mol.